The van der Waals surface area contributed by atoms with Gasteiger partial charge in [0.25, 0.3) is 0 Å². The number of carbonyl (C=O) groups excluding carboxylic acids is 1. The van der Waals surface area contributed by atoms with Gasteiger partial charge in [0.15, 0.2) is 0 Å². The second-order valence-corrected chi connectivity index (χ2v) is 8.37. The Balaban J connectivity index is 1.27. The molecule has 3 aromatic rings. The fourth-order valence-corrected chi connectivity index (χ4v) is 4.45. The van der Waals surface area contributed by atoms with Crippen molar-refractivity contribution >= 4 is 5.97 Å². The third-order valence-electron chi connectivity index (χ3n) is 6.28. The molecule has 1 aliphatic heterocycles. The van der Waals surface area contributed by atoms with Crippen LogP contribution in [0.4, 0.5) is 0 Å². The third kappa shape index (κ3) is 6.05. The smallest absolute Gasteiger partial charge is 0.309 e. The van der Waals surface area contributed by atoms with Gasteiger partial charge < -0.3 is 9.64 Å². The minimum Gasteiger partial charge on any atom is -0.461 e. The molecule has 160 valence electrons. The Morgan fingerprint density at radius 3 is 1.87 bits per heavy atom. The van der Waals surface area contributed by atoms with Gasteiger partial charge in [-0.05, 0) is 55.6 Å². The molecule has 0 aliphatic carbocycles. The van der Waals surface area contributed by atoms with Crippen molar-refractivity contribution in [1.82, 2.24) is 4.90 Å². The molecule has 3 heteroatoms. The molecule has 0 radical (unpaired) electrons. The van der Waals surface area contributed by atoms with E-state index >= 15 is 0 Å². The Labute approximate surface area is 185 Å². The van der Waals surface area contributed by atoms with Crippen LogP contribution in [0.3, 0.4) is 0 Å². The molecule has 0 amide bonds. The summed E-state index contributed by atoms with van der Waals surface area (Å²) >= 11 is 0. The van der Waals surface area contributed by atoms with Crippen LogP contribution in [0.2, 0.25) is 0 Å². The summed E-state index contributed by atoms with van der Waals surface area (Å²) in [7, 11) is 0. The maximum absolute atomic E-state index is 12.5. The molecular weight excluding hydrogens is 382 g/mol. The largest absolute Gasteiger partial charge is 0.461 e. The lowest BCUT2D eigenvalue weighted by Crippen LogP contribution is -2.37. The summed E-state index contributed by atoms with van der Waals surface area (Å²) in [5.41, 5.74) is 3.78. The van der Waals surface area contributed by atoms with Crippen molar-refractivity contribution in [1.29, 1.82) is 0 Å². The van der Waals surface area contributed by atoms with Gasteiger partial charge in [0.05, 0.1) is 5.92 Å². The van der Waals surface area contributed by atoms with Crippen LogP contribution in [0.15, 0.2) is 91.0 Å². The molecule has 3 nitrogen and oxygen atoms in total. The summed E-state index contributed by atoms with van der Waals surface area (Å²) in [4.78, 5) is 15.0. The zero-order valence-electron chi connectivity index (χ0n) is 18.0. The lowest BCUT2D eigenvalue weighted by Gasteiger charge is -2.32. The van der Waals surface area contributed by atoms with E-state index in [1.54, 1.807) is 0 Å². The molecule has 0 unspecified atom stereocenters. The minimum atomic E-state index is -0.0463. The zero-order valence-corrected chi connectivity index (χ0v) is 18.0. The number of hydrogen-bond acceptors (Lipinski definition) is 3. The first kappa shape index (κ1) is 21.3. The van der Waals surface area contributed by atoms with Crippen LogP contribution in [-0.4, -0.2) is 30.5 Å². The van der Waals surface area contributed by atoms with Crippen LogP contribution in [0, 0.1) is 5.92 Å². The topological polar surface area (TPSA) is 29.5 Å². The monoisotopic (exact) mass is 413 g/mol. The molecule has 1 aliphatic rings. The molecule has 3 aromatic carbocycles. The van der Waals surface area contributed by atoms with Crippen molar-refractivity contribution in [2.24, 2.45) is 5.92 Å². The van der Waals surface area contributed by atoms with E-state index in [2.05, 4.69) is 65.6 Å². The summed E-state index contributed by atoms with van der Waals surface area (Å²) in [5, 5.41) is 0. The highest BCUT2D eigenvalue weighted by atomic mass is 16.5. The van der Waals surface area contributed by atoms with Crippen LogP contribution in [0.5, 0.6) is 0 Å². The molecule has 0 spiro atoms. The molecule has 0 aromatic heterocycles. The van der Waals surface area contributed by atoms with Crippen molar-refractivity contribution < 1.29 is 9.53 Å². The van der Waals surface area contributed by atoms with E-state index in [4.69, 9.17) is 4.74 Å². The molecule has 0 bridgehead atoms. The summed E-state index contributed by atoms with van der Waals surface area (Å²) in [6, 6.07) is 31.5. The maximum Gasteiger partial charge on any atom is 0.309 e. The normalized spacial score (nSPS) is 15.1. The Bertz CT molecular complexity index is 880. The number of ether oxygens (including phenoxy) is 1. The quantitative estimate of drug-likeness (QED) is 0.446. The van der Waals surface area contributed by atoms with Gasteiger partial charge in [-0.2, -0.15) is 0 Å². The molecule has 1 saturated heterocycles. The Morgan fingerprint density at radius 1 is 0.806 bits per heavy atom. The van der Waals surface area contributed by atoms with Gasteiger partial charge >= 0.3 is 5.97 Å². The average Bonchev–Trinajstić information content (AvgIpc) is 2.85. The number of rotatable bonds is 8. The fraction of sp³-hybridized carbons (Fsp3) is 0.321. The van der Waals surface area contributed by atoms with Crippen LogP contribution < -0.4 is 0 Å². The van der Waals surface area contributed by atoms with Crippen LogP contribution >= 0.6 is 0 Å². The third-order valence-corrected chi connectivity index (χ3v) is 6.28. The van der Waals surface area contributed by atoms with Crippen LogP contribution in [0.1, 0.15) is 41.9 Å². The van der Waals surface area contributed by atoms with E-state index in [9.17, 15) is 4.79 Å². The van der Waals surface area contributed by atoms with E-state index in [1.807, 2.05) is 30.3 Å². The second kappa shape index (κ2) is 10.9. The van der Waals surface area contributed by atoms with Gasteiger partial charge in [-0.1, -0.05) is 91.0 Å². The molecule has 0 atom stereocenters. The maximum atomic E-state index is 12.5. The van der Waals surface area contributed by atoms with Crippen molar-refractivity contribution in [2.75, 3.05) is 19.6 Å². The number of carbonyl (C=O) groups is 1. The first-order valence-electron chi connectivity index (χ1n) is 11.3. The molecule has 4 rings (SSSR count). The second-order valence-electron chi connectivity index (χ2n) is 8.37. The number of likely N-dealkylation sites (tertiary alicyclic amines) is 1. The van der Waals surface area contributed by atoms with E-state index < -0.39 is 0 Å². The van der Waals surface area contributed by atoms with Gasteiger partial charge in [-0.3, -0.25) is 4.79 Å². The van der Waals surface area contributed by atoms with Crippen molar-refractivity contribution in [3.05, 3.63) is 108 Å². The molecule has 1 fully saturated rings. The minimum absolute atomic E-state index is 0.0269. The van der Waals surface area contributed by atoms with Crippen molar-refractivity contribution in [3.8, 4) is 0 Å². The van der Waals surface area contributed by atoms with E-state index in [0.29, 0.717) is 12.5 Å². The number of piperidine rings is 1. The summed E-state index contributed by atoms with van der Waals surface area (Å²) < 4.78 is 5.56. The number of hydrogen-bond donors (Lipinski definition) is 0. The fourth-order valence-electron chi connectivity index (χ4n) is 4.45. The highest BCUT2D eigenvalue weighted by molar-refractivity contribution is 5.72. The summed E-state index contributed by atoms with van der Waals surface area (Å²) in [5.74, 6) is 0.380. The summed E-state index contributed by atoms with van der Waals surface area (Å²) in [6.07, 6.45) is 2.85. The zero-order chi connectivity index (χ0) is 21.3. The van der Waals surface area contributed by atoms with Gasteiger partial charge in [0.1, 0.15) is 6.61 Å². The lowest BCUT2D eigenvalue weighted by atomic mass is 9.88. The number of nitrogens with zero attached hydrogens (tertiary/aromatic N) is 1. The number of benzene rings is 3. The first-order chi connectivity index (χ1) is 15.3. The van der Waals surface area contributed by atoms with Gasteiger partial charge in [-0.15, -0.1) is 0 Å². The number of esters is 1. The molecule has 0 saturated carbocycles. The van der Waals surface area contributed by atoms with Gasteiger partial charge in [0, 0.05) is 5.92 Å². The molecule has 31 heavy (non-hydrogen) atoms. The van der Waals surface area contributed by atoms with E-state index in [-0.39, 0.29) is 11.9 Å². The predicted molar refractivity (Wildman–Crippen MR) is 125 cm³/mol. The van der Waals surface area contributed by atoms with Gasteiger partial charge in [0.2, 0.25) is 0 Å². The Morgan fingerprint density at radius 2 is 1.32 bits per heavy atom. The van der Waals surface area contributed by atoms with Crippen LogP contribution in [-0.2, 0) is 16.1 Å². The van der Waals surface area contributed by atoms with Gasteiger partial charge in [-0.25, -0.2) is 0 Å². The standard InChI is InChI=1S/C28H31NO2/c30-28(31-22-23-10-4-1-5-11-23)26-16-19-29(20-17-26)21-18-27(24-12-6-2-7-13-24)25-14-8-3-9-15-25/h1-15,26-27H,16-22H2. The highest BCUT2D eigenvalue weighted by Crippen LogP contribution is 2.29. The van der Waals surface area contributed by atoms with Crippen molar-refractivity contribution in [3.63, 3.8) is 0 Å². The van der Waals surface area contributed by atoms with E-state index in [0.717, 1.165) is 44.5 Å². The molecular formula is C28H31NO2. The summed E-state index contributed by atoms with van der Waals surface area (Å²) in [6.45, 7) is 3.33. The Kier molecular flexibility index (Phi) is 7.51. The first-order valence-corrected chi connectivity index (χ1v) is 11.3. The molecule has 0 N–H and O–H groups in total. The molecule has 1 heterocycles. The SMILES string of the molecule is O=C(OCc1ccccc1)C1CCN(CCC(c2ccccc2)c2ccccc2)CC1. The average molecular weight is 414 g/mol. The highest BCUT2D eigenvalue weighted by Gasteiger charge is 2.26. The lowest BCUT2D eigenvalue weighted by molar-refractivity contribution is -0.151. The predicted octanol–water partition coefficient (Wildman–Crippen LogP) is 5.66. The van der Waals surface area contributed by atoms with Crippen LogP contribution in [0.25, 0.3) is 0 Å². The van der Waals surface area contributed by atoms with E-state index in [1.165, 1.54) is 11.1 Å². The van der Waals surface area contributed by atoms with Crippen molar-refractivity contribution in [2.45, 2.75) is 31.8 Å². The Hall–Kier alpha value is -2.91.